The molecule has 1 saturated carbocycles. The lowest BCUT2D eigenvalue weighted by Gasteiger charge is -2.08. The molecule has 1 fully saturated rings. The molecule has 0 saturated heterocycles. The molecule has 18 heavy (non-hydrogen) atoms. The van der Waals surface area contributed by atoms with E-state index in [0.717, 1.165) is 12.1 Å². The molecule has 100 valence electrons. The Morgan fingerprint density at radius 2 is 2.06 bits per heavy atom. The molecule has 1 aliphatic carbocycles. The van der Waals surface area contributed by atoms with E-state index >= 15 is 0 Å². The normalized spacial score (nSPS) is 25.5. The summed E-state index contributed by atoms with van der Waals surface area (Å²) in [6, 6.07) is 5.61. The number of hydrogen-bond acceptors (Lipinski definition) is 1. The van der Waals surface area contributed by atoms with E-state index in [4.69, 9.17) is 11.6 Å². The van der Waals surface area contributed by atoms with Crippen LogP contribution in [-0.4, -0.2) is 12.6 Å². The van der Waals surface area contributed by atoms with Crippen molar-refractivity contribution in [3.05, 3.63) is 34.6 Å². The van der Waals surface area contributed by atoms with E-state index in [2.05, 4.69) is 33.0 Å². The van der Waals surface area contributed by atoms with Crippen LogP contribution < -0.4 is 5.32 Å². The molecule has 3 heteroatoms. The zero-order valence-electron chi connectivity index (χ0n) is 11.4. The highest BCUT2D eigenvalue weighted by molar-refractivity contribution is 6.30. The van der Waals surface area contributed by atoms with Crippen molar-refractivity contribution in [3.8, 4) is 0 Å². The van der Waals surface area contributed by atoms with E-state index in [-0.39, 0.29) is 16.3 Å². The highest BCUT2D eigenvalue weighted by atomic mass is 35.5. The van der Waals surface area contributed by atoms with Crippen LogP contribution in [0.2, 0.25) is 5.02 Å². The second kappa shape index (κ2) is 4.82. The molecular weight excluding hydrogens is 249 g/mol. The van der Waals surface area contributed by atoms with Crippen LogP contribution in [-0.2, 0) is 0 Å². The summed E-state index contributed by atoms with van der Waals surface area (Å²) >= 11 is 5.86. The van der Waals surface area contributed by atoms with Gasteiger partial charge < -0.3 is 5.32 Å². The average Bonchev–Trinajstić information content (AvgIpc) is 2.82. The molecular formula is C15H21ClFN. The monoisotopic (exact) mass is 269 g/mol. The maximum absolute atomic E-state index is 13.2. The van der Waals surface area contributed by atoms with Gasteiger partial charge in [-0.3, -0.25) is 0 Å². The molecule has 0 bridgehead atoms. The van der Waals surface area contributed by atoms with Crippen LogP contribution in [0.4, 0.5) is 4.39 Å². The summed E-state index contributed by atoms with van der Waals surface area (Å²) < 4.78 is 13.2. The molecule has 2 unspecified atom stereocenters. The first-order chi connectivity index (χ1) is 8.34. The lowest BCUT2D eigenvalue weighted by Crippen LogP contribution is -2.26. The molecule has 1 aromatic carbocycles. The Kier molecular flexibility index (Phi) is 3.70. The van der Waals surface area contributed by atoms with Gasteiger partial charge >= 0.3 is 0 Å². The van der Waals surface area contributed by atoms with E-state index in [1.165, 1.54) is 6.07 Å². The summed E-state index contributed by atoms with van der Waals surface area (Å²) in [7, 11) is 0. The van der Waals surface area contributed by atoms with Crippen molar-refractivity contribution < 1.29 is 4.39 Å². The molecule has 1 nitrogen and oxygen atoms in total. The molecule has 1 N–H and O–H groups in total. The number of hydrogen-bond donors (Lipinski definition) is 1. The third kappa shape index (κ3) is 2.55. The fourth-order valence-corrected chi connectivity index (χ4v) is 3.04. The largest absolute Gasteiger partial charge is 0.314 e. The Morgan fingerprint density at radius 3 is 2.61 bits per heavy atom. The fraction of sp³-hybridized carbons (Fsp3) is 0.600. The molecule has 0 heterocycles. The molecule has 2 rings (SSSR count). The van der Waals surface area contributed by atoms with Crippen molar-refractivity contribution in [2.45, 2.75) is 39.7 Å². The lowest BCUT2D eigenvalue weighted by atomic mass is 10.0. The fourth-order valence-electron chi connectivity index (χ4n) is 2.86. The van der Waals surface area contributed by atoms with Crippen molar-refractivity contribution in [2.75, 3.05) is 6.54 Å². The lowest BCUT2D eigenvalue weighted by molar-refractivity contribution is 0.491. The van der Waals surface area contributed by atoms with Crippen molar-refractivity contribution in [1.29, 1.82) is 0 Å². The number of benzene rings is 1. The zero-order chi connectivity index (χ0) is 13.5. The van der Waals surface area contributed by atoms with E-state index in [1.54, 1.807) is 6.07 Å². The minimum atomic E-state index is -0.337. The minimum Gasteiger partial charge on any atom is -0.314 e. The Labute approximate surface area is 114 Å². The Hall–Kier alpha value is -0.600. The Balaban J connectivity index is 2.11. The molecule has 2 atom stereocenters. The van der Waals surface area contributed by atoms with Gasteiger partial charge in [0.05, 0.1) is 5.02 Å². The molecule has 1 aliphatic rings. The van der Waals surface area contributed by atoms with Crippen LogP contribution in [0.25, 0.3) is 0 Å². The quantitative estimate of drug-likeness (QED) is 0.863. The predicted octanol–water partition coefficient (Wildman–Crippen LogP) is 4.22. The summed E-state index contributed by atoms with van der Waals surface area (Å²) in [6.45, 7) is 9.84. The van der Waals surface area contributed by atoms with Gasteiger partial charge in [-0.15, -0.1) is 0 Å². The third-order valence-electron chi connectivity index (χ3n) is 4.10. The minimum absolute atomic E-state index is 0.228. The van der Waals surface area contributed by atoms with Crippen LogP contribution in [0.3, 0.4) is 0 Å². The van der Waals surface area contributed by atoms with Crippen LogP contribution in [0.1, 0.15) is 39.2 Å². The van der Waals surface area contributed by atoms with Crippen molar-refractivity contribution in [3.63, 3.8) is 0 Å². The topological polar surface area (TPSA) is 12.0 Å². The molecule has 1 aromatic rings. The number of rotatable bonds is 4. The first-order valence-electron chi connectivity index (χ1n) is 6.52. The SMILES string of the molecule is CC(C)NCC1C(c2ccc(F)c(Cl)c2)C1(C)C. The van der Waals surface area contributed by atoms with Gasteiger partial charge in [0.25, 0.3) is 0 Å². The standard InChI is InChI=1S/C15H21ClFN/c1-9(2)18-8-11-14(15(11,3)4)10-5-6-13(17)12(16)7-10/h5-7,9,11,14,18H,8H2,1-4H3. The maximum Gasteiger partial charge on any atom is 0.141 e. The molecule has 0 amide bonds. The Bertz CT molecular complexity index is 442. The van der Waals surface area contributed by atoms with Crippen LogP contribution in [0.15, 0.2) is 18.2 Å². The number of nitrogens with one attached hydrogen (secondary N) is 1. The van der Waals surface area contributed by atoms with E-state index < -0.39 is 0 Å². The van der Waals surface area contributed by atoms with Gasteiger partial charge in [0.15, 0.2) is 0 Å². The molecule has 0 radical (unpaired) electrons. The third-order valence-corrected chi connectivity index (χ3v) is 4.39. The summed E-state index contributed by atoms with van der Waals surface area (Å²) in [6.07, 6.45) is 0. The van der Waals surface area contributed by atoms with E-state index in [9.17, 15) is 4.39 Å². The van der Waals surface area contributed by atoms with E-state index in [0.29, 0.717) is 17.9 Å². The van der Waals surface area contributed by atoms with Gasteiger partial charge in [0, 0.05) is 6.04 Å². The van der Waals surface area contributed by atoms with Crippen molar-refractivity contribution >= 4 is 11.6 Å². The first kappa shape index (κ1) is 13.8. The summed E-state index contributed by atoms with van der Waals surface area (Å²) in [5.74, 6) is 0.735. The van der Waals surface area contributed by atoms with Gasteiger partial charge in [-0.1, -0.05) is 45.4 Å². The summed E-state index contributed by atoms with van der Waals surface area (Å²) in [5.41, 5.74) is 1.42. The highest BCUT2D eigenvalue weighted by Crippen LogP contribution is 2.64. The molecule has 0 spiro atoms. The van der Waals surface area contributed by atoms with Crippen LogP contribution in [0.5, 0.6) is 0 Å². The van der Waals surface area contributed by atoms with Crippen molar-refractivity contribution in [2.24, 2.45) is 11.3 Å². The molecule has 0 aromatic heterocycles. The first-order valence-corrected chi connectivity index (χ1v) is 6.90. The van der Waals surface area contributed by atoms with Crippen LogP contribution >= 0.6 is 11.6 Å². The summed E-state index contributed by atoms with van der Waals surface area (Å²) in [5, 5.41) is 3.71. The van der Waals surface area contributed by atoms with Gasteiger partial charge in [0.2, 0.25) is 0 Å². The predicted molar refractivity (Wildman–Crippen MR) is 74.6 cm³/mol. The summed E-state index contributed by atoms with van der Waals surface area (Å²) in [4.78, 5) is 0. The maximum atomic E-state index is 13.2. The highest BCUT2D eigenvalue weighted by Gasteiger charge is 2.57. The van der Waals surface area contributed by atoms with Gasteiger partial charge in [-0.25, -0.2) is 4.39 Å². The Morgan fingerprint density at radius 1 is 1.39 bits per heavy atom. The zero-order valence-corrected chi connectivity index (χ0v) is 12.2. The van der Waals surface area contributed by atoms with Gasteiger partial charge in [-0.05, 0) is 41.5 Å². The van der Waals surface area contributed by atoms with Gasteiger partial charge in [-0.2, -0.15) is 0 Å². The number of halogens is 2. The second-order valence-electron chi connectivity index (χ2n) is 6.14. The molecule has 0 aliphatic heterocycles. The van der Waals surface area contributed by atoms with Crippen molar-refractivity contribution in [1.82, 2.24) is 5.32 Å². The van der Waals surface area contributed by atoms with Crippen LogP contribution in [0, 0.1) is 17.2 Å². The van der Waals surface area contributed by atoms with E-state index in [1.807, 2.05) is 6.07 Å². The van der Waals surface area contributed by atoms with Gasteiger partial charge in [0.1, 0.15) is 5.82 Å². The smallest absolute Gasteiger partial charge is 0.141 e. The second-order valence-corrected chi connectivity index (χ2v) is 6.55. The average molecular weight is 270 g/mol.